The van der Waals surface area contributed by atoms with Gasteiger partial charge in [0, 0.05) is 12.6 Å². The van der Waals surface area contributed by atoms with E-state index in [4.69, 9.17) is 4.74 Å². The van der Waals surface area contributed by atoms with Crippen molar-refractivity contribution in [1.29, 1.82) is 0 Å². The molecule has 4 atom stereocenters. The summed E-state index contributed by atoms with van der Waals surface area (Å²) < 4.78 is 6.16. The molecule has 22 heavy (non-hydrogen) atoms. The van der Waals surface area contributed by atoms with Gasteiger partial charge in [-0.3, -0.25) is 4.79 Å². The van der Waals surface area contributed by atoms with Crippen LogP contribution in [-0.4, -0.2) is 35.6 Å². The van der Waals surface area contributed by atoms with Crippen molar-refractivity contribution in [1.82, 2.24) is 4.90 Å². The predicted molar refractivity (Wildman–Crippen MR) is 88.7 cm³/mol. The van der Waals surface area contributed by atoms with Crippen LogP contribution in [0.1, 0.15) is 78.1 Å². The zero-order chi connectivity index (χ0) is 15.5. The number of amides is 1. The van der Waals surface area contributed by atoms with Gasteiger partial charge in [-0.2, -0.15) is 0 Å². The topological polar surface area (TPSA) is 29.5 Å². The van der Waals surface area contributed by atoms with Gasteiger partial charge in [0.25, 0.3) is 5.91 Å². The second-order valence-electron chi connectivity index (χ2n) is 7.96. The van der Waals surface area contributed by atoms with Gasteiger partial charge in [0.05, 0.1) is 6.10 Å². The van der Waals surface area contributed by atoms with Crippen LogP contribution in [0.25, 0.3) is 0 Å². The van der Waals surface area contributed by atoms with E-state index in [0.717, 1.165) is 31.2 Å². The average molecular weight is 307 g/mol. The average Bonchev–Trinajstić information content (AvgIpc) is 3.17. The molecule has 126 valence electrons. The van der Waals surface area contributed by atoms with Crippen LogP contribution in [0.3, 0.4) is 0 Å². The van der Waals surface area contributed by atoms with Gasteiger partial charge in [0.2, 0.25) is 0 Å². The minimum absolute atomic E-state index is 0.252. The van der Waals surface area contributed by atoms with Crippen molar-refractivity contribution in [2.75, 3.05) is 6.54 Å². The van der Waals surface area contributed by atoms with Crippen molar-refractivity contribution < 1.29 is 9.53 Å². The molecule has 2 saturated carbocycles. The van der Waals surface area contributed by atoms with E-state index in [9.17, 15) is 4.79 Å². The molecular formula is C19H33NO2. The summed E-state index contributed by atoms with van der Waals surface area (Å²) in [6, 6.07) is 0.506. The van der Waals surface area contributed by atoms with E-state index in [1.54, 1.807) is 0 Å². The fourth-order valence-corrected chi connectivity index (χ4v) is 4.98. The lowest BCUT2D eigenvalue weighted by Gasteiger charge is -2.34. The van der Waals surface area contributed by atoms with Crippen molar-refractivity contribution in [3.8, 4) is 0 Å². The third-order valence-corrected chi connectivity index (χ3v) is 6.16. The number of nitrogens with zero attached hydrogens (tertiary/aromatic N) is 1. The SMILES string of the molecule is C[C@@H]1CCC[C@H](O[C@H](C)C(=O)N2CCC[C@H]2C2CCCC2)C1. The summed E-state index contributed by atoms with van der Waals surface area (Å²) in [6.45, 7) is 5.24. The lowest BCUT2D eigenvalue weighted by Crippen LogP contribution is -2.45. The second kappa shape index (κ2) is 7.33. The Balaban J connectivity index is 1.55. The second-order valence-corrected chi connectivity index (χ2v) is 7.96. The maximum absolute atomic E-state index is 12.9. The molecule has 3 heteroatoms. The van der Waals surface area contributed by atoms with Gasteiger partial charge in [-0.15, -0.1) is 0 Å². The van der Waals surface area contributed by atoms with Crippen molar-refractivity contribution in [2.45, 2.75) is 96.3 Å². The first-order valence-electron chi connectivity index (χ1n) is 9.61. The first kappa shape index (κ1) is 16.3. The molecule has 0 radical (unpaired) electrons. The summed E-state index contributed by atoms with van der Waals surface area (Å²) in [5, 5.41) is 0. The van der Waals surface area contributed by atoms with E-state index in [1.165, 1.54) is 51.4 Å². The number of likely N-dealkylation sites (tertiary alicyclic amines) is 1. The number of rotatable bonds is 4. The Labute approximate surface area is 135 Å². The van der Waals surface area contributed by atoms with E-state index in [0.29, 0.717) is 12.1 Å². The third-order valence-electron chi connectivity index (χ3n) is 6.16. The minimum Gasteiger partial charge on any atom is -0.365 e. The molecule has 1 aliphatic heterocycles. The van der Waals surface area contributed by atoms with Crippen LogP contribution in [0.4, 0.5) is 0 Å². The largest absolute Gasteiger partial charge is 0.365 e. The van der Waals surface area contributed by atoms with Crippen LogP contribution in [0.2, 0.25) is 0 Å². The maximum atomic E-state index is 12.9. The van der Waals surface area contributed by atoms with E-state index < -0.39 is 0 Å². The first-order valence-corrected chi connectivity index (χ1v) is 9.61. The molecule has 1 saturated heterocycles. The molecule has 3 aliphatic rings. The molecule has 0 unspecified atom stereocenters. The molecule has 0 spiro atoms. The molecule has 0 N–H and O–H groups in total. The van der Waals surface area contributed by atoms with E-state index in [2.05, 4.69) is 11.8 Å². The summed E-state index contributed by atoms with van der Waals surface area (Å²) >= 11 is 0. The van der Waals surface area contributed by atoms with Gasteiger partial charge in [0.1, 0.15) is 6.10 Å². The summed E-state index contributed by atoms with van der Waals surface area (Å²) in [5.74, 6) is 1.76. The Hall–Kier alpha value is -0.570. The van der Waals surface area contributed by atoms with Crippen LogP contribution >= 0.6 is 0 Å². The molecule has 0 aromatic carbocycles. The first-order chi connectivity index (χ1) is 10.6. The van der Waals surface area contributed by atoms with E-state index in [1.807, 2.05) is 6.92 Å². The normalized spacial score (nSPS) is 35.0. The monoisotopic (exact) mass is 307 g/mol. The molecule has 1 heterocycles. The van der Waals surface area contributed by atoms with Crippen molar-refractivity contribution in [3.05, 3.63) is 0 Å². The number of hydrogen-bond donors (Lipinski definition) is 0. The molecule has 0 bridgehead atoms. The predicted octanol–water partition coefficient (Wildman–Crippen LogP) is 4.15. The van der Waals surface area contributed by atoms with Gasteiger partial charge in [-0.25, -0.2) is 0 Å². The molecule has 0 aromatic rings. The van der Waals surface area contributed by atoms with Crippen LogP contribution < -0.4 is 0 Å². The minimum atomic E-state index is -0.252. The fraction of sp³-hybridized carbons (Fsp3) is 0.947. The Bertz CT molecular complexity index is 378. The lowest BCUT2D eigenvalue weighted by atomic mass is 9.88. The fourth-order valence-electron chi connectivity index (χ4n) is 4.98. The summed E-state index contributed by atoms with van der Waals surface area (Å²) in [7, 11) is 0. The van der Waals surface area contributed by atoms with Crippen molar-refractivity contribution in [3.63, 3.8) is 0 Å². The van der Waals surface area contributed by atoms with Gasteiger partial charge in [0.15, 0.2) is 0 Å². The Kier molecular flexibility index (Phi) is 5.43. The molecule has 0 aromatic heterocycles. The molecule has 1 amide bonds. The molecule has 3 rings (SSSR count). The van der Waals surface area contributed by atoms with Gasteiger partial charge >= 0.3 is 0 Å². The van der Waals surface area contributed by atoms with Crippen LogP contribution in [0, 0.1) is 11.8 Å². The molecular weight excluding hydrogens is 274 g/mol. The van der Waals surface area contributed by atoms with Crippen molar-refractivity contribution >= 4 is 5.91 Å². The smallest absolute Gasteiger partial charge is 0.251 e. The highest BCUT2D eigenvalue weighted by atomic mass is 16.5. The number of carbonyl (C=O) groups is 1. The number of hydrogen-bond acceptors (Lipinski definition) is 2. The van der Waals surface area contributed by atoms with Crippen LogP contribution in [-0.2, 0) is 9.53 Å². The quantitative estimate of drug-likeness (QED) is 0.781. The number of ether oxygens (including phenoxy) is 1. The zero-order valence-corrected chi connectivity index (χ0v) is 14.4. The van der Waals surface area contributed by atoms with Crippen molar-refractivity contribution in [2.24, 2.45) is 11.8 Å². The van der Waals surface area contributed by atoms with Gasteiger partial charge < -0.3 is 9.64 Å². The Morgan fingerprint density at radius 3 is 2.55 bits per heavy atom. The Morgan fingerprint density at radius 2 is 1.82 bits per heavy atom. The van der Waals surface area contributed by atoms with Gasteiger partial charge in [-0.05, 0) is 57.3 Å². The number of carbonyl (C=O) groups excluding carboxylic acids is 1. The Morgan fingerprint density at radius 1 is 1.05 bits per heavy atom. The summed E-state index contributed by atoms with van der Waals surface area (Å²) in [6.07, 6.45) is 12.6. The van der Waals surface area contributed by atoms with Crippen LogP contribution in [0.15, 0.2) is 0 Å². The molecule has 3 fully saturated rings. The summed E-state index contributed by atoms with van der Waals surface area (Å²) in [4.78, 5) is 15.0. The standard InChI is InChI=1S/C19H33NO2/c1-14-7-5-10-17(13-14)22-15(2)19(21)20-12-6-11-18(20)16-8-3-4-9-16/h14-18H,3-13H2,1-2H3/t14-,15-,17+,18+/m1/s1. The van der Waals surface area contributed by atoms with E-state index in [-0.39, 0.29) is 12.0 Å². The third kappa shape index (κ3) is 3.67. The molecule has 3 nitrogen and oxygen atoms in total. The highest BCUT2D eigenvalue weighted by Gasteiger charge is 2.38. The highest BCUT2D eigenvalue weighted by Crippen LogP contribution is 2.36. The lowest BCUT2D eigenvalue weighted by molar-refractivity contribution is -0.149. The van der Waals surface area contributed by atoms with Crippen LogP contribution in [0.5, 0.6) is 0 Å². The highest BCUT2D eigenvalue weighted by molar-refractivity contribution is 5.81. The maximum Gasteiger partial charge on any atom is 0.251 e. The van der Waals surface area contributed by atoms with E-state index >= 15 is 0 Å². The van der Waals surface area contributed by atoms with Gasteiger partial charge in [-0.1, -0.05) is 32.6 Å². The zero-order valence-electron chi connectivity index (χ0n) is 14.4. The summed E-state index contributed by atoms with van der Waals surface area (Å²) in [5.41, 5.74) is 0. The molecule has 2 aliphatic carbocycles.